The number of methoxy groups -OCH3 is 2. The summed E-state index contributed by atoms with van der Waals surface area (Å²) in [4.78, 5) is 32.4. The third-order valence-corrected chi connectivity index (χ3v) is 6.12. The van der Waals surface area contributed by atoms with Gasteiger partial charge in [0.05, 0.1) is 24.1 Å². The maximum Gasteiger partial charge on any atom is 0.290 e. The molecular weight excluding hydrogens is 422 g/mol. The lowest BCUT2D eigenvalue weighted by atomic mass is 9.93. The average Bonchev–Trinajstić information content (AvgIpc) is 3.17. The number of rotatable bonds is 11. The molecule has 182 valence electrons. The van der Waals surface area contributed by atoms with Gasteiger partial charge < -0.3 is 30.0 Å². The first-order valence-electron chi connectivity index (χ1n) is 11.7. The van der Waals surface area contributed by atoms with Gasteiger partial charge in [0.1, 0.15) is 5.75 Å². The van der Waals surface area contributed by atoms with E-state index in [1.807, 2.05) is 27.7 Å². The highest BCUT2D eigenvalue weighted by Crippen LogP contribution is 2.25. The monoisotopic (exact) mass is 459 g/mol. The Morgan fingerprint density at radius 3 is 2.73 bits per heavy atom. The maximum atomic E-state index is 13.9. The Hall–Kier alpha value is -2.65. The molecule has 1 fully saturated rings. The molecule has 3 N–H and O–H groups in total. The first-order valence-corrected chi connectivity index (χ1v) is 11.7. The summed E-state index contributed by atoms with van der Waals surface area (Å²) in [6, 6.07) is 5.54. The van der Waals surface area contributed by atoms with Crippen LogP contribution in [-0.2, 0) is 16.1 Å². The molecule has 0 bridgehead atoms. The van der Waals surface area contributed by atoms with Gasteiger partial charge in [-0.15, -0.1) is 0 Å². The number of carbonyl (C=O) groups is 2. The van der Waals surface area contributed by atoms with Crippen LogP contribution in [0.15, 0.2) is 18.2 Å². The fourth-order valence-corrected chi connectivity index (χ4v) is 4.43. The molecule has 1 aliphatic heterocycles. The van der Waals surface area contributed by atoms with Crippen LogP contribution in [0.1, 0.15) is 43.7 Å². The van der Waals surface area contributed by atoms with Crippen molar-refractivity contribution in [3.05, 3.63) is 24.0 Å². The number of aryl methyl sites for hydroxylation is 1. The largest absolute Gasteiger partial charge is 0.497 e. The van der Waals surface area contributed by atoms with Crippen molar-refractivity contribution in [1.29, 1.82) is 0 Å². The second-order valence-electron chi connectivity index (χ2n) is 9.14. The topological polar surface area (TPSA) is 112 Å². The van der Waals surface area contributed by atoms with Gasteiger partial charge in [-0.1, -0.05) is 13.8 Å². The Bertz CT molecular complexity index is 958. The standard InChI is InChI=1S/C24H37N5O4/c1-16(2)15-29(18-11-17(22(25)30)13-26-14-18)24(31)23-27-20-8-7-19(33-4)12-21(20)28(23)9-5-6-10-32-3/h7-8,12,16-18,26H,5-6,9-11,13-15H2,1-4H3,(H2,25,30)/t17-,18+/m1/s1. The highest BCUT2D eigenvalue weighted by atomic mass is 16.5. The fourth-order valence-electron chi connectivity index (χ4n) is 4.43. The predicted molar refractivity (Wildman–Crippen MR) is 127 cm³/mol. The van der Waals surface area contributed by atoms with Crippen molar-refractivity contribution in [3.8, 4) is 5.75 Å². The van der Waals surface area contributed by atoms with Crippen LogP contribution in [0, 0.1) is 11.8 Å². The van der Waals surface area contributed by atoms with E-state index in [0.29, 0.717) is 45.0 Å². The number of primary amides is 1. The molecule has 33 heavy (non-hydrogen) atoms. The summed E-state index contributed by atoms with van der Waals surface area (Å²) in [6.45, 7) is 7.24. The Kier molecular flexibility index (Phi) is 8.68. The Balaban J connectivity index is 1.97. The van der Waals surface area contributed by atoms with Gasteiger partial charge in [-0.05, 0) is 37.3 Å². The summed E-state index contributed by atoms with van der Waals surface area (Å²) in [5.41, 5.74) is 7.21. The lowest BCUT2D eigenvalue weighted by Crippen LogP contribution is -2.54. The van der Waals surface area contributed by atoms with Crippen molar-refractivity contribution >= 4 is 22.8 Å². The quantitative estimate of drug-likeness (QED) is 0.498. The zero-order valence-corrected chi connectivity index (χ0v) is 20.2. The first kappa shape index (κ1) is 25.0. The molecule has 9 nitrogen and oxygen atoms in total. The van der Waals surface area contributed by atoms with Crippen molar-refractivity contribution in [3.63, 3.8) is 0 Å². The van der Waals surface area contributed by atoms with Gasteiger partial charge in [0.2, 0.25) is 5.91 Å². The molecule has 0 unspecified atom stereocenters. The van der Waals surface area contributed by atoms with Gasteiger partial charge in [0, 0.05) is 52.0 Å². The van der Waals surface area contributed by atoms with Crippen LogP contribution in [0.4, 0.5) is 0 Å². The van der Waals surface area contributed by atoms with E-state index in [1.54, 1.807) is 14.2 Å². The van der Waals surface area contributed by atoms with Crippen LogP contribution < -0.4 is 15.8 Å². The Morgan fingerprint density at radius 2 is 2.06 bits per heavy atom. The minimum atomic E-state index is -0.332. The Labute approximate surface area is 195 Å². The van der Waals surface area contributed by atoms with E-state index >= 15 is 0 Å². The highest BCUT2D eigenvalue weighted by Gasteiger charge is 2.34. The zero-order chi connectivity index (χ0) is 24.0. The van der Waals surface area contributed by atoms with E-state index in [2.05, 4.69) is 19.2 Å². The van der Waals surface area contributed by atoms with E-state index in [1.165, 1.54) is 0 Å². The van der Waals surface area contributed by atoms with Gasteiger partial charge in [-0.2, -0.15) is 0 Å². The van der Waals surface area contributed by atoms with Crippen molar-refractivity contribution in [2.75, 3.05) is 40.5 Å². The summed E-state index contributed by atoms with van der Waals surface area (Å²) in [5, 5.41) is 3.28. The summed E-state index contributed by atoms with van der Waals surface area (Å²) in [5.74, 6) is 0.659. The number of nitrogens with zero attached hydrogens (tertiary/aromatic N) is 3. The number of fused-ring (bicyclic) bond motifs is 1. The minimum absolute atomic E-state index is 0.123. The molecule has 0 spiro atoms. The van der Waals surface area contributed by atoms with Crippen molar-refractivity contribution in [2.45, 2.75) is 45.7 Å². The molecule has 2 amide bonds. The molecule has 1 aromatic heterocycles. The number of imidazole rings is 1. The third-order valence-electron chi connectivity index (χ3n) is 6.12. The van der Waals surface area contributed by atoms with Crippen LogP contribution in [-0.4, -0.2) is 72.8 Å². The molecule has 1 aliphatic rings. The number of unbranched alkanes of at least 4 members (excludes halogenated alkanes) is 1. The van der Waals surface area contributed by atoms with Crippen LogP contribution in [0.25, 0.3) is 11.0 Å². The van der Waals surface area contributed by atoms with E-state index in [-0.39, 0.29) is 29.7 Å². The minimum Gasteiger partial charge on any atom is -0.497 e. The number of carbonyl (C=O) groups excluding carboxylic acids is 2. The Morgan fingerprint density at radius 1 is 1.27 bits per heavy atom. The molecule has 2 heterocycles. The summed E-state index contributed by atoms with van der Waals surface area (Å²) >= 11 is 0. The lowest BCUT2D eigenvalue weighted by Gasteiger charge is -2.38. The molecule has 1 aromatic carbocycles. The smallest absolute Gasteiger partial charge is 0.290 e. The molecule has 2 atom stereocenters. The van der Waals surface area contributed by atoms with E-state index < -0.39 is 0 Å². The predicted octanol–water partition coefficient (Wildman–Crippen LogP) is 2.03. The number of nitrogens with two attached hydrogens (primary N) is 1. The van der Waals surface area contributed by atoms with Crippen molar-refractivity contribution < 1.29 is 19.1 Å². The van der Waals surface area contributed by atoms with Gasteiger partial charge >= 0.3 is 0 Å². The van der Waals surface area contributed by atoms with Gasteiger partial charge in [-0.25, -0.2) is 4.98 Å². The summed E-state index contributed by atoms with van der Waals surface area (Å²) < 4.78 is 12.6. The number of ether oxygens (including phenoxy) is 2. The summed E-state index contributed by atoms with van der Waals surface area (Å²) in [7, 11) is 3.32. The zero-order valence-electron chi connectivity index (χ0n) is 20.2. The molecule has 3 rings (SSSR count). The van der Waals surface area contributed by atoms with Crippen molar-refractivity contribution in [1.82, 2.24) is 19.8 Å². The SMILES string of the molecule is COCCCCn1c(C(=O)N(CC(C)C)[C@@H]2CNC[C@H](C(N)=O)C2)nc2ccc(OC)cc21. The average molecular weight is 460 g/mol. The maximum absolute atomic E-state index is 13.9. The number of aromatic nitrogens is 2. The molecule has 9 heteroatoms. The van der Waals surface area contributed by atoms with Crippen LogP contribution >= 0.6 is 0 Å². The van der Waals surface area contributed by atoms with Gasteiger partial charge in [0.25, 0.3) is 5.91 Å². The van der Waals surface area contributed by atoms with E-state index in [4.69, 9.17) is 20.2 Å². The number of hydrogen-bond acceptors (Lipinski definition) is 6. The van der Waals surface area contributed by atoms with Gasteiger partial charge in [0.15, 0.2) is 5.82 Å². The molecule has 2 aromatic rings. The highest BCUT2D eigenvalue weighted by molar-refractivity contribution is 5.95. The molecule has 0 aliphatic carbocycles. The number of amides is 2. The molecule has 0 saturated carbocycles. The van der Waals surface area contributed by atoms with E-state index in [9.17, 15) is 9.59 Å². The fraction of sp³-hybridized carbons (Fsp3) is 0.625. The molecule has 0 radical (unpaired) electrons. The second-order valence-corrected chi connectivity index (χ2v) is 9.14. The van der Waals surface area contributed by atoms with Crippen LogP contribution in [0.3, 0.4) is 0 Å². The number of hydrogen-bond donors (Lipinski definition) is 2. The number of piperidine rings is 1. The number of benzene rings is 1. The van der Waals surface area contributed by atoms with Crippen LogP contribution in [0.5, 0.6) is 5.75 Å². The van der Waals surface area contributed by atoms with E-state index in [0.717, 1.165) is 29.6 Å². The first-order chi connectivity index (χ1) is 15.8. The van der Waals surface area contributed by atoms with Crippen molar-refractivity contribution in [2.24, 2.45) is 17.6 Å². The molecule has 1 saturated heterocycles. The summed E-state index contributed by atoms with van der Waals surface area (Å²) in [6.07, 6.45) is 2.30. The van der Waals surface area contributed by atoms with Gasteiger partial charge in [-0.3, -0.25) is 9.59 Å². The van der Waals surface area contributed by atoms with Crippen LogP contribution in [0.2, 0.25) is 0 Å². The molecular formula is C24H37N5O4. The lowest BCUT2D eigenvalue weighted by molar-refractivity contribution is -0.122. The normalized spacial score (nSPS) is 18.6. The number of nitrogens with one attached hydrogen (secondary N) is 1. The third kappa shape index (κ3) is 6.03. The second kappa shape index (κ2) is 11.5.